The Morgan fingerprint density at radius 3 is 1.02 bits per heavy atom. The average Bonchev–Trinajstić information content (AvgIpc) is 3.32. The number of aliphatic imine (C=N–C) groups is 2. The topological polar surface area (TPSA) is 76.3 Å². The summed E-state index contributed by atoms with van der Waals surface area (Å²) >= 11 is 0. The molecule has 280 valence electrons. The van der Waals surface area contributed by atoms with E-state index in [4.69, 9.17) is 20.0 Å². The average molecular weight is 767 g/mol. The Morgan fingerprint density at radius 2 is 0.617 bits per heavy atom. The van der Waals surface area contributed by atoms with E-state index in [1.165, 1.54) is 0 Å². The lowest BCUT2D eigenvalue weighted by atomic mass is 9.92. The van der Waals surface area contributed by atoms with Gasteiger partial charge in [0.05, 0.1) is 57.0 Å². The standard InChI is InChI=1S/C54H34N6/c1-3-13-41-33-51-43(31-39(41)11-1)53(37-25-21-35(22-26-37)45-17-9-19-49(57-45)47-15-5-7-29-55-47)60-52-34-42-14-4-2-12-40(42)32-44(52)54(59-51)38-27-23-36(24-28-38)46-18-10-20-50(58-46)48-16-6-8-30-56-48/h1-34H/b53-43?,54-44?,59-51?,59-54-,60-52?,60-53-. The van der Waals surface area contributed by atoms with Gasteiger partial charge in [0.1, 0.15) is 0 Å². The van der Waals surface area contributed by atoms with Gasteiger partial charge in [0, 0.05) is 45.8 Å². The fraction of sp³-hybridized carbons (Fsp3) is 0. The predicted octanol–water partition coefficient (Wildman–Crippen LogP) is 12.9. The predicted molar refractivity (Wildman–Crippen MR) is 244 cm³/mol. The summed E-state index contributed by atoms with van der Waals surface area (Å²) in [6.45, 7) is 0. The Morgan fingerprint density at radius 1 is 0.267 bits per heavy atom. The summed E-state index contributed by atoms with van der Waals surface area (Å²) in [6, 6.07) is 66.7. The van der Waals surface area contributed by atoms with E-state index in [1.807, 2.05) is 72.8 Å². The van der Waals surface area contributed by atoms with Crippen LogP contribution in [0.1, 0.15) is 22.3 Å². The first kappa shape index (κ1) is 35.0. The zero-order valence-electron chi connectivity index (χ0n) is 32.3. The van der Waals surface area contributed by atoms with Crippen molar-refractivity contribution in [1.82, 2.24) is 19.9 Å². The highest BCUT2D eigenvalue weighted by Gasteiger charge is 2.22. The van der Waals surface area contributed by atoms with Crippen molar-refractivity contribution < 1.29 is 0 Å². The minimum atomic E-state index is 0.834. The summed E-state index contributed by atoms with van der Waals surface area (Å²) in [4.78, 5) is 30.2. The molecule has 0 radical (unpaired) electrons. The molecule has 0 amide bonds. The number of pyridine rings is 4. The number of benzene rings is 6. The molecular formula is C54H34N6. The van der Waals surface area contributed by atoms with Gasteiger partial charge in [-0.1, -0.05) is 121 Å². The molecule has 0 atom stereocenters. The molecule has 6 nitrogen and oxygen atoms in total. The first-order valence-corrected chi connectivity index (χ1v) is 19.9. The Balaban J connectivity index is 1.05. The molecule has 1 aliphatic rings. The molecule has 4 aromatic heterocycles. The van der Waals surface area contributed by atoms with Crippen molar-refractivity contribution in [1.29, 1.82) is 0 Å². The number of rotatable bonds is 6. The number of nitrogens with zero attached hydrogens (tertiary/aromatic N) is 6. The maximum atomic E-state index is 5.60. The smallest absolute Gasteiger partial charge is 0.0893 e. The van der Waals surface area contributed by atoms with Crippen LogP contribution in [-0.4, -0.2) is 31.4 Å². The number of aromatic nitrogens is 4. The van der Waals surface area contributed by atoms with E-state index in [-0.39, 0.29) is 0 Å². The van der Waals surface area contributed by atoms with Crippen LogP contribution >= 0.6 is 0 Å². The van der Waals surface area contributed by atoms with Crippen LogP contribution in [0.2, 0.25) is 0 Å². The van der Waals surface area contributed by atoms with E-state index in [2.05, 4.69) is 131 Å². The molecule has 11 rings (SSSR count). The van der Waals surface area contributed by atoms with Gasteiger partial charge in [0.25, 0.3) is 0 Å². The van der Waals surface area contributed by atoms with E-state index >= 15 is 0 Å². The first-order chi connectivity index (χ1) is 29.7. The van der Waals surface area contributed by atoms with Crippen molar-refractivity contribution in [2.75, 3.05) is 0 Å². The summed E-state index contributed by atoms with van der Waals surface area (Å²) < 4.78 is 0. The Bertz CT molecular complexity index is 3060. The van der Waals surface area contributed by atoms with Crippen LogP contribution in [0.25, 0.3) is 66.8 Å². The normalized spacial score (nSPS) is 13.9. The van der Waals surface area contributed by atoms with Crippen LogP contribution in [0.3, 0.4) is 0 Å². The minimum Gasteiger partial charge on any atom is -0.255 e. The number of hydrogen-bond donors (Lipinski definition) is 0. The molecule has 0 fully saturated rings. The van der Waals surface area contributed by atoms with Crippen molar-refractivity contribution in [3.63, 3.8) is 0 Å². The van der Waals surface area contributed by atoms with Crippen LogP contribution in [0.5, 0.6) is 0 Å². The summed E-state index contributed by atoms with van der Waals surface area (Å²) in [7, 11) is 0. The fourth-order valence-electron chi connectivity index (χ4n) is 7.92. The molecule has 10 aromatic rings. The van der Waals surface area contributed by atoms with Crippen molar-refractivity contribution in [2.45, 2.75) is 0 Å². The minimum absolute atomic E-state index is 0.834. The Labute approximate surface area is 347 Å². The second-order valence-corrected chi connectivity index (χ2v) is 14.8. The van der Waals surface area contributed by atoms with Gasteiger partial charge < -0.3 is 0 Å². The van der Waals surface area contributed by atoms with Crippen LogP contribution < -0.4 is 0 Å². The van der Waals surface area contributed by atoms with Crippen molar-refractivity contribution in [2.24, 2.45) is 9.98 Å². The van der Waals surface area contributed by atoms with Gasteiger partial charge in [0.15, 0.2) is 0 Å². The molecule has 6 aromatic carbocycles. The van der Waals surface area contributed by atoms with Crippen molar-refractivity contribution in [3.8, 4) is 45.3 Å². The lowest BCUT2D eigenvalue weighted by molar-refractivity contribution is 1.25. The summed E-state index contributed by atoms with van der Waals surface area (Å²) in [5.74, 6) is 0. The molecule has 0 saturated carbocycles. The molecule has 0 saturated heterocycles. The lowest BCUT2D eigenvalue weighted by Gasteiger charge is -2.20. The third kappa shape index (κ3) is 6.62. The zero-order chi connectivity index (χ0) is 39.8. The maximum absolute atomic E-state index is 5.60. The molecule has 60 heavy (non-hydrogen) atoms. The second kappa shape index (κ2) is 14.9. The van der Waals surface area contributed by atoms with Crippen molar-refractivity contribution in [3.05, 3.63) is 229 Å². The molecular weight excluding hydrogens is 733 g/mol. The lowest BCUT2D eigenvalue weighted by Crippen LogP contribution is -2.10. The van der Waals surface area contributed by atoms with E-state index in [0.29, 0.717) is 0 Å². The second-order valence-electron chi connectivity index (χ2n) is 14.8. The van der Waals surface area contributed by atoms with Crippen molar-refractivity contribution >= 4 is 44.3 Å². The Kier molecular flexibility index (Phi) is 8.71. The highest BCUT2D eigenvalue weighted by molar-refractivity contribution is 6.24. The van der Waals surface area contributed by atoms with Crippen LogP contribution in [-0.2, 0) is 0 Å². The largest absolute Gasteiger partial charge is 0.255 e. The van der Waals surface area contributed by atoms with Gasteiger partial charge in [-0.3, -0.25) is 9.97 Å². The van der Waals surface area contributed by atoms with E-state index in [9.17, 15) is 0 Å². The molecule has 0 N–H and O–H groups in total. The third-order valence-electron chi connectivity index (χ3n) is 11.0. The monoisotopic (exact) mass is 766 g/mol. The highest BCUT2D eigenvalue weighted by atomic mass is 14.8. The van der Waals surface area contributed by atoms with Gasteiger partial charge in [0.2, 0.25) is 0 Å². The first-order valence-electron chi connectivity index (χ1n) is 19.9. The molecule has 5 heterocycles. The van der Waals surface area contributed by atoms with Crippen LogP contribution in [0, 0.1) is 0 Å². The molecule has 6 heteroatoms. The SMILES string of the molecule is c1ccc(-c2cccc(-c3ccc(/C4=N/c5cc6ccccc6cc5/C(c5ccc(-c6cccc(-c7ccccn7)n6)cc5)=N\c5cc6ccccc6cc54)cc3)n2)nc1. The van der Waals surface area contributed by atoms with Gasteiger partial charge in [-0.15, -0.1) is 0 Å². The third-order valence-corrected chi connectivity index (χ3v) is 11.0. The zero-order valence-corrected chi connectivity index (χ0v) is 32.3. The maximum Gasteiger partial charge on any atom is 0.0893 e. The Hall–Kier alpha value is -8.22. The quantitative estimate of drug-likeness (QED) is 0.169. The van der Waals surface area contributed by atoms with Crippen LogP contribution in [0.15, 0.2) is 217 Å². The molecule has 0 aliphatic carbocycles. The van der Waals surface area contributed by atoms with E-state index in [1.54, 1.807) is 12.4 Å². The van der Waals surface area contributed by atoms with Gasteiger partial charge in [-0.2, -0.15) is 0 Å². The van der Waals surface area contributed by atoms with E-state index in [0.717, 1.165) is 112 Å². The number of hydrogen-bond acceptors (Lipinski definition) is 6. The molecule has 0 unspecified atom stereocenters. The van der Waals surface area contributed by atoms with Gasteiger partial charge in [-0.25, -0.2) is 20.0 Å². The van der Waals surface area contributed by atoms with Gasteiger partial charge in [-0.05, 0) is 94.3 Å². The summed E-state index contributed by atoms with van der Waals surface area (Å²) in [5, 5.41) is 4.47. The van der Waals surface area contributed by atoms with Crippen LogP contribution in [0.4, 0.5) is 11.4 Å². The molecule has 0 spiro atoms. The fourth-order valence-corrected chi connectivity index (χ4v) is 7.92. The summed E-state index contributed by atoms with van der Waals surface area (Å²) in [5.41, 5.74) is 14.4. The summed E-state index contributed by atoms with van der Waals surface area (Å²) in [6.07, 6.45) is 3.59. The van der Waals surface area contributed by atoms with E-state index < -0.39 is 0 Å². The number of fused-ring (bicyclic) bond motifs is 4. The molecule has 0 bridgehead atoms. The highest BCUT2D eigenvalue weighted by Crippen LogP contribution is 2.38. The van der Waals surface area contributed by atoms with Gasteiger partial charge >= 0.3 is 0 Å². The molecule has 1 aliphatic heterocycles.